The molecule has 2 aliphatic rings. The predicted molar refractivity (Wildman–Crippen MR) is 123 cm³/mol. The number of aliphatic imine (C=N–C) groups is 1. The summed E-state index contributed by atoms with van der Waals surface area (Å²) in [6, 6.07) is 9.86. The maximum absolute atomic E-state index is 10.4. The smallest absolute Gasteiger partial charge is 0.151 e. The van der Waals surface area contributed by atoms with Gasteiger partial charge in [0.1, 0.15) is 5.75 Å². The molecule has 0 spiro atoms. The summed E-state index contributed by atoms with van der Waals surface area (Å²) in [7, 11) is 2.09. The summed E-state index contributed by atoms with van der Waals surface area (Å²) in [6.07, 6.45) is 6.01. The lowest BCUT2D eigenvalue weighted by atomic mass is 9.79. The molecule has 158 valence electrons. The third-order valence-corrected chi connectivity index (χ3v) is 5.98. The highest BCUT2D eigenvalue weighted by Crippen LogP contribution is 2.34. The van der Waals surface area contributed by atoms with E-state index in [1.807, 2.05) is 30.5 Å². The van der Waals surface area contributed by atoms with Crippen LogP contribution in [0.2, 0.25) is 0 Å². The molecule has 30 heavy (non-hydrogen) atoms. The van der Waals surface area contributed by atoms with Gasteiger partial charge in [0.2, 0.25) is 0 Å². The molecule has 2 N–H and O–H groups in total. The Hall–Kier alpha value is -2.73. The van der Waals surface area contributed by atoms with Gasteiger partial charge in [-0.25, -0.2) is 0 Å². The summed E-state index contributed by atoms with van der Waals surface area (Å²) >= 11 is 0. The molecule has 4 rings (SSSR count). The number of benzene rings is 1. The van der Waals surface area contributed by atoms with Gasteiger partial charge in [0.05, 0.1) is 12.2 Å². The second-order valence-electron chi connectivity index (χ2n) is 9.73. The number of aromatic hydroxyl groups is 1. The molecule has 0 saturated carbocycles. The summed E-state index contributed by atoms with van der Waals surface area (Å²) in [5.41, 5.74) is 3.56. The second-order valence-corrected chi connectivity index (χ2v) is 9.73. The molecule has 3 heterocycles. The lowest BCUT2D eigenvalue weighted by molar-refractivity contribution is 0.160. The summed E-state index contributed by atoms with van der Waals surface area (Å²) in [5, 5.41) is 23.1. The van der Waals surface area contributed by atoms with Gasteiger partial charge in [-0.3, -0.25) is 4.99 Å². The Morgan fingerprint density at radius 3 is 2.37 bits per heavy atom. The number of hydrogen-bond acceptors (Lipinski definition) is 6. The van der Waals surface area contributed by atoms with E-state index in [0.29, 0.717) is 23.8 Å². The van der Waals surface area contributed by atoms with E-state index in [1.165, 1.54) is 0 Å². The number of rotatable bonds is 4. The normalized spacial score (nSPS) is 20.2. The second kappa shape index (κ2) is 7.51. The van der Waals surface area contributed by atoms with Gasteiger partial charge < -0.3 is 15.3 Å². The molecule has 0 aliphatic carbocycles. The van der Waals surface area contributed by atoms with Crippen LogP contribution in [0, 0.1) is 0 Å². The molecule has 2 aromatic rings. The highest BCUT2D eigenvalue weighted by Gasteiger charge is 2.39. The molecule has 6 heteroatoms. The van der Waals surface area contributed by atoms with Gasteiger partial charge in [0.15, 0.2) is 5.82 Å². The van der Waals surface area contributed by atoms with Crippen molar-refractivity contribution in [3.8, 4) is 17.0 Å². The van der Waals surface area contributed by atoms with Gasteiger partial charge in [0, 0.05) is 35.9 Å². The summed E-state index contributed by atoms with van der Waals surface area (Å²) < 4.78 is 0. The Morgan fingerprint density at radius 1 is 1.03 bits per heavy atom. The molecule has 6 nitrogen and oxygen atoms in total. The Balaban J connectivity index is 1.57. The minimum absolute atomic E-state index is 0.0680. The van der Waals surface area contributed by atoms with Crippen molar-refractivity contribution in [2.75, 3.05) is 18.5 Å². The standard InChI is InChI=1S/C24H31N5O/c1-23(2)13-18(14-24(3,4)28-23)29(5)22-9-7-20(26-27-22)19-12-16(6-8-21(19)30)17-10-11-25-15-17/h6-10,12,15,18,28,30H,11,13-14H2,1-5H3. The van der Waals surface area contributed by atoms with E-state index in [-0.39, 0.29) is 16.8 Å². The van der Waals surface area contributed by atoms with Crippen molar-refractivity contribution in [2.45, 2.75) is 57.7 Å². The monoisotopic (exact) mass is 405 g/mol. The minimum atomic E-state index is 0.0680. The first-order valence-electron chi connectivity index (χ1n) is 10.5. The van der Waals surface area contributed by atoms with Crippen LogP contribution in [-0.4, -0.2) is 52.2 Å². The lowest BCUT2D eigenvalue weighted by Gasteiger charge is -2.49. The lowest BCUT2D eigenvalue weighted by Crippen LogP contribution is -2.62. The molecule has 1 aromatic carbocycles. The van der Waals surface area contributed by atoms with Crippen LogP contribution in [0.5, 0.6) is 5.75 Å². The van der Waals surface area contributed by atoms with E-state index in [1.54, 1.807) is 6.07 Å². The number of allylic oxidation sites excluding steroid dienone is 1. The zero-order valence-corrected chi connectivity index (χ0v) is 18.5. The van der Waals surface area contributed by atoms with Crippen molar-refractivity contribution < 1.29 is 5.11 Å². The third-order valence-electron chi connectivity index (χ3n) is 5.98. The quantitative estimate of drug-likeness (QED) is 0.802. The van der Waals surface area contributed by atoms with Crippen molar-refractivity contribution in [2.24, 2.45) is 4.99 Å². The van der Waals surface area contributed by atoms with Gasteiger partial charge in [-0.15, -0.1) is 10.2 Å². The van der Waals surface area contributed by atoms with Gasteiger partial charge in [-0.1, -0.05) is 12.1 Å². The summed E-state index contributed by atoms with van der Waals surface area (Å²) in [6.45, 7) is 9.72. The zero-order valence-electron chi connectivity index (χ0n) is 18.5. The highest BCUT2D eigenvalue weighted by molar-refractivity contribution is 6.11. The Labute approximate surface area is 178 Å². The zero-order chi connectivity index (χ0) is 21.5. The van der Waals surface area contributed by atoms with Crippen molar-refractivity contribution >= 4 is 17.6 Å². The van der Waals surface area contributed by atoms with Crippen LogP contribution in [0.25, 0.3) is 16.8 Å². The highest BCUT2D eigenvalue weighted by atomic mass is 16.3. The predicted octanol–water partition coefficient (Wildman–Crippen LogP) is 4.06. The number of nitrogens with zero attached hydrogens (tertiary/aromatic N) is 4. The van der Waals surface area contributed by atoms with E-state index in [9.17, 15) is 5.11 Å². The van der Waals surface area contributed by atoms with Gasteiger partial charge in [0.25, 0.3) is 0 Å². The van der Waals surface area contributed by atoms with Gasteiger partial charge >= 0.3 is 0 Å². The van der Waals surface area contributed by atoms with Gasteiger partial charge in [-0.2, -0.15) is 0 Å². The molecular weight excluding hydrogens is 374 g/mol. The van der Waals surface area contributed by atoms with Crippen LogP contribution in [0.3, 0.4) is 0 Å². The maximum atomic E-state index is 10.4. The van der Waals surface area contributed by atoms with E-state index in [2.05, 4.69) is 66.2 Å². The molecule has 1 saturated heterocycles. The average molecular weight is 406 g/mol. The molecule has 0 bridgehead atoms. The third kappa shape index (κ3) is 4.24. The Bertz CT molecular complexity index is 975. The van der Waals surface area contributed by atoms with Crippen LogP contribution >= 0.6 is 0 Å². The number of phenolic OH excluding ortho intramolecular Hbond substituents is 1. The number of phenols is 1. The molecule has 0 unspecified atom stereocenters. The molecule has 0 atom stereocenters. The molecule has 1 aromatic heterocycles. The fraction of sp³-hybridized carbons (Fsp3) is 0.458. The maximum Gasteiger partial charge on any atom is 0.151 e. The van der Waals surface area contributed by atoms with Crippen LogP contribution < -0.4 is 10.2 Å². The Kier molecular flexibility index (Phi) is 5.14. The van der Waals surface area contributed by atoms with Crippen LogP contribution in [0.1, 0.15) is 46.1 Å². The fourth-order valence-electron chi connectivity index (χ4n) is 4.85. The number of piperidine rings is 1. The van der Waals surface area contributed by atoms with Crippen molar-refractivity contribution in [1.29, 1.82) is 0 Å². The van der Waals surface area contributed by atoms with Crippen molar-refractivity contribution in [1.82, 2.24) is 15.5 Å². The topological polar surface area (TPSA) is 73.6 Å². The molecule has 0 radical (unpaired) electrons. The first-order valence-corrected chi connectivity index (χ1v) is 10.5. The summed E-state index contributed by atoms with van der Waals surface area (Å²) in [5.74, 6) is 1.05. The SMILES string of the molecule is CN(c1ccc(-c2cc(C3=CCN=C3)ccc2O)nn1)C1CC(C)(C)NC(C)(C)C1. The number of hydrogen-bond donors (Lipinski definition) is 2. The van der Waals surface area contributed by atoms with Crippen LogP contribution in [-0.2, 0) is 0 Å². The van der Waals surface area contributed by atoms with E-state index in [4.69, 9.17) is 0 Å². The number of nitrogens with one attached hydrogen (secondary N) is 1. The van der Waals surface area contributed by atoms with E-state index >= 15 is 0 Å². The minimum Gasteiger partial charge on any atom is -0.507 e. The number of aromatic nitrogens is 2. The number of anilines is 1. The fourth-order valence-corrected chi connectivity index (χ4v) is 4.85. The molecule has 2 aliphatic heterocycles. The first-order chi connectivity index (χ1) is 14.1. The largest absolute Gasteiger partial charge is 0.507 e. The van der Waals surface area contributed by atoms with Crippen molar-refractivity contribution in [3.05, 3.63) is 42.0 Å². The molecule has 0 amide bonds. The van der Waals surface area contributed by atoms with Crippen LogP contribution in [0.15, 0.2) is 41.4 Å². The van der Waals surface area contributed by atoms with E-state index in [0.717, 1.165) is 29.8 Å². The Morgan fingerprint density at radius 2 is 1.77 bits per heavy atom. The first kappa shape index (κ1) is 20.5. The van der Waals surface area contributed by atoms with E-state index < -0.39 is 0 Å². The van der Waals surface area contributed by atoms with Crippen LogP contribution in [0.4, 0.5) is 5.82 Å². The average Bonchev–Trinajstić information content (AvgIpc) is 3.20. The molecular formula is C24H31N5O. The summed E-state index contributed by atoms with van der Waals surface area (Å²) in [4.78, 5) is 6.48. The molecule has 1 fully saturated rings. The van der Waals surface area contributed by atoms with Gasteiger partial charge in [-0.05, 0) is 75.9 Å². The van der Waals surface area contributed by atoms with Crippen molar-refractivity contribution in [3.63, 3.8) is 0 Å².